The maximum Gasteiger partial charge on any atom is 0.271 e. The molecule has 88 valence electrons. The van der Waals surface area contributed by atoms with Gasteiger partial charge in [0.05, 0.1) is 23.3 Å². The number of aliphatic hydroxyl groups excluding tert-OH is 1. The van der Waals surface area contributed by atoms with Crippen molar-refractivity contribution in [3.63, 3.8) is 0 Å². The molecule has 0 aliphatic carbocycles. The highest BCUT2D eigenvalue weighted by Crippen LogP contribution is 2.08. The van der Waals surface area contributed by atoms with Crippen LogP contribution in [0.3, 0.4) is 0 Å². The van der Waals surface area contributed by atoms with E-state index in [4.69, 9.17) is 5.11 Å². The van der Waals surface area contributed by atoms with E-state index in [1.54, 1.807) is 13.0 Å². The van der Waals surface area contributed by atoms with Crippen LogP contribution in [0.2, 0.25) is 0 Å². The van der Waals surface area contributed by atoms with Crippen LogP contribution in [0.5, 0.6) is 0 Å². The Morgan fingerprint density at radius 1 is 1.41 bits per heavy atom. The third-order valence-corrected chi connectivity index (χ3v) is 2.24. The number of hydrogen-bond donors (Lipinski definition) is 2. The number of nitrogens with one attached hydrogen (secondary N) is 1. The molecule has 0 spiro atoms. The van der Waals surface area contributed by atoms with Crippen molar-refractivity contribution in [3.05, 3.63) is 36.2 Å². The normalized spacial score (nSPS) is 12.4. The first-order chi connectivity index (χ1) is 8.16. The van der Waals surface area contributed by atoms with Gasteiger partial charge in [0.15, 0.2) is 0 Å². The molecule has 5 heteroatoms. The number of benzene rings is 1. The summed E-state index contributed by atoms with van der Waals surface area (Å²) < 4.78 is 0. The molecule has 1 aromatic heterocycles. The van der Waals surface area contributed by atoms with E-state index in [1.165, 1.54) is 6.20 Å². The molecule has 0 unspecified atom stereocenters. The minimum absolute atomic E-state index is 0.202. The van der Waals surface area contributed by atoms with Gasteiger partial charge in [0, 0.05) is 6.54 Å². The molecule has 5 nitrogen and oxygen atoms in total. The Hall–Kier alpha value is -2.01. The zero-order chi connectivity index (χ0) is 12.3. The predicted molar refractivity (Wildman–Crippen MR) is 63.6 cm³/mol. The van der Waals surface area contributed by atoms with Gasteiger partial charge >= 0.3 is 0 Å². The second-order valence-electron chi connectivity index (χ2n) is 3.80. The van der Waals surface area contributed by atoms with Crippen molar-refractivity contribution >= 4 is 16.9 Å². The predicted octanol–water partition coefficient (Wildman–Crippen LogP) is 0.740. The number of nitrogens with zero attached hydrogens (tertiary/aromatic N) is 2. The Labute approximate surface area is 98.5 Å². The third kappa shape index (κ3) is 2.76. The van der Waals surface area contributed by atoms with Gasteiger partial charge in [0.1, 0.15) is 5.69 Å². The Bertz CT molecular complexity index is 540. The number of hydrogen-bond acceptors (Lipinski definition) is 4. The minimum Gasteiger partial charge on any atom is -0.392 e. The average molecular weight is 231 g/mol. The monoisotopic (exact) mass is 231 g/mol. The molecule has 1 heterocycles. The van der Waals surface area contributed by atoms with E-state index in [1.807, 2.05) is 18.2 Å². The van der Waals surface area contributed by atoms with Crippen molar-refractivity contribution in [2.75, 3.05) is 6.54 Å². The number of aliphatic hydroxyl groups is 1. The van der Waals surface area contributed by atoms with E-state index in [-0.39, 0.29) is 18.1 Å². The highest BCUT2D eigenvalue weighted by molar-refractivity contribution is 5.93. The first kappa shape index (κ1) is 11.5. The number of fused-ring (bicyclic) bond motifs is 1. The summed E-state index contributed by atoms with van der Waals surface area (Å²) >= 11 is 0. The molecule has 2 rings (SSSR count). The van der Waals surface area contributed by atoms with Crippen LogP contribution in [0.4, 0.5) is 0 Å². The van der Waals surface area contributed by atoms with Gasteiger partial charge < -0.3 is 10.4 Å². The van der Waals surface area contributed by atoms with E-state index >= 15 is 0 Å². The summed E-state index contributed by atoms with van der Waals surface area (Å²) in [6.45, 7) is 1.81. The molecular weight excluding hydrogens is 218 g/mol. The average Bonchev–Trinajstić information content (AvgIpc) is 2.35. The van der Waals surface area contributed by atoms with Gasteiger partial charge in [-0.3, -0.25) is 9.78 Å². The molecule has 1 atom stereocenters. The van der Waals surface area contributed by atoms with Crippen LogP contribution in [0, 0.1) is 0 Å². The number of carbonyl (C=O) groups is 1. The highest BCUT2D eigenvalue weighted by Gasteiger charge is 2.09. The van der Waals surface area contributed by atoms with Crippen LogP contribution in [0.15, 0.2) is 30.5 Å². The van der Waals surface area contributed by atoms with Crippen molar-refractivity contribution in [2.45, 2.75) is 13.0 Å². The smallest absolute Gasteiger partial charge is 0.271 e. The summed E-state index contributed by atoms with van der Waals surface area (Å²) in [7, 11) is 0. The zero-order valence-electron chi connectivity index (χ0n) is 9.42. The topological polar surface area (TPSA) is 75.1 Å². The Kier molecular flexibility index (Phi) is 3.30. The molecule has 0 radical (unpaired) electrons. The molecule has 0 aliphatic heterocycles. The van der Waals surface area contributed by atoms with Gasteiger partial charge in [0.2, 0.25) is 0 Å². The maximum atomic E-state index is 11.7. The fourth-order valence-corrected chi connectivity index (χ4v) is 1.40. The Morgan fingerprint density at radius 2 is 2.12 bits per heavy atom. The van der Waals surface area contributed by atoms with Gasteiger partial charge in [-0.2, -0.15) is 0 Å². The minimum atomic E-state index is -0.577. The number of carbonyl (C=O) groups excluding carboxylic acids is 1. The van der Waals surface area contributed by atoms with Crippen molar-refractivity contribution in [1.29, 1.82) is 0 Å². The largest absolute Gasteiger partial charge is 0.392 e. The van der Waals surface area contributed by atoms with Gasteiger partial charge in [-0.1, -0.05) is 12.1 Å². The molecule has 0 bridgehead atoms. The molecule has 0 aliphatic rings. The Balaban J connectivity index is 2.21. The van der Waals surface area contributed by atoms with E-state index in [2.05, 4.69) is 15.3 Å². The van der Waals surface area contributed by atoms with Gasteiger partial charge in [-0.15, -0.1) is 0 Å². The molecule has 0 saturated heterocycles. The first-order valence-electron chi connectivity index (χ1n) is 5.35. The van der Waals surface area contributed by atoms with Crippen molar-refractivity contribution in [2.24, 2.45) is 0 Å². The third-order valence-electron chi connectivity index (χ3n) is 2.24. The quantitative estimate of drug-likeness (QED) is 0.817. The molecule has 1 aromatic carbocycles. The van der Waals surface area contributed by atoms with Crippen LogP contribution in [-0.4, -0.2) is 33.6 Å². The van der Waals surface area contributed by atoms with Crippen LogP contribution in [-0.2, 0) is 0 Å². The summed E-state index contributed by atoms with van der Waals surface area (Å²) in [6.07, 6.45) is 0.854. The van der Waals surface area contributed by atoms with E-state index < -0.39 is 6.10 Å². The molecule has 0 saturated carbocycles. The molecule has 2 N–H and O–H groups in total. The van der Waals surface area contributed by atoms with Crippen LogP contribution >= 0.6 is 0 Å². The lowest BCUT2D eigenvalue weighted by Crippen LogP contribution is -2.31. The summed E-state index contributed by atoms with van der Waals surface area (Å²) in [5.41, 5.74) is 1.68. The number of para-hydroxylation sites is 2. The van der Waals surface area contributed by atoms with E-state index in [9.17, 15) is 4.79 Å². The second-order valence-corrected chi connectivity index (χ2v) is 3.80. The van der Waals surface area contributed by atoms with Gasteiger partial charge in [0.25, 0.3) is 5.91 Å². The summed E-state index contributed by atoms with van der Waals surface area (Å²) in [5.74, 6) is -0.329. The van der Waals surface area contributed by atoms with Crippen LogP contribution in [0.1, 0.15) is 17.4 Å². The molecule has 2 aromatic rings. The van der Waals surface area contributed by atoms with Crippen molar-refractivity contribution in [1.82, 2.24) is 15.3 Å². The van der Waals surface area contributed by atoms with Crippen molar-refractivity contribution in [3.8, 4) is 0 Å². The van der Waals surface area contributed by atoms with Crippen molar-refractivity contribution < 1.29 is 9.90 Å². The molecule has 17 heavy (non-hydrogen) atoms. The van der Waals surface area contributed by atoms with Crippen LogP contribution in [0.25, 0.3) is 11.0 Å². The fourth-order valence-electron chi connectivity index (χ4n) is 1.40. The first-order valence-corrected chi connectivity index (χ1v) is 5.35. The number of rotatable bonds is 3. The summed E-state index contributed by atoms with van der Waals surface area (Å²) in [6, 6.07) is 7.34. The highest BCUT2D eigenvalue weighted by atomic mass is 16.3. The van der Waals surface area contributed by atoms with Gasteiger partial charge in [-0.05, 0) is 19.1 Å². The summed E-state index contributed by atoms with van der Waals surface area (Å²) in [5, 5.41) is 11.6. The van der Waals surface area contributed by atoms with E-state index in [0.717, 1.165) is 5.52 Å². The lowest BCUT2D eigenvalue weighted by molar-refractivity contribution is 0.0919. The maximum absolute atomic E-state index is 11.7. The molecular formula is C12H13N3O2. The standard InChI is InChI=1S/C12H13N3O2/c1-8(16)6-14-12(17)11-7-13-9-4-2-3-5-10(9)15-11/h2-5,7-8,16H,6H2,1H3,(H,14,17)/t8-/m1/s1. The lowest BCUT2D eigenvalue weighted by atomic mass is 10.3. The second kappa shape index (κ2) is 4.88. The zero-order valence-corrected chi connectivity index (χ0v) is 9.42. The lowest BCUT2D eigenvalue weighted by Gasteiger charge is -2.06. The van der Waals surface area contributed by atoms with Crippen LogP contribution < -0.4 is 5.32 Å². The molecule has 1 amide bonds. The SMILES string of the molecule is C[C@@H](O)CNC(=O)c1cnc2ccccc2n1. The fraction of sp³-hybridized carbons (Fsp3) is 0.250. The molecule has 0 fully saturated rings. The number of amides is 1. The number of aromatic nitrogens is 2. The van der Waals surface area contributed by atoms with Gasteiger partial charge in [-0.25, -0.2) is 4.98 Å². The summed E-state index contributed by atoms with van der Waals surface area (Å²) in [4.78, 5) is 20.0. The van der Waals surface area contributed by atoms with E-state index in [0.29, 0.717) is 5.52 Å². The Morgan fingerprint density at radius 3 is 2.82 bits per heavy atom.